The lowest BCUT2D eigenvalue weighted by molar-refractivity contribution is 0.240. The van der Waals surface area contributed by atoms with Gasteiger partial charge in [0.15, 0.2) is 0 Å². The highest BCUT2D eigenvalue weighted by Crippen LogP contribution is 2.12. The van der Waals surface area contributed by atoms with Gasteiger partial charge in [-0.15, -0.1) is 0 Å². The third-order valence-electron chi connectivity index (χ3n) is 3.67. The lowest BCUT2D eigenvalue weighted by Crippen LogP contribution is -2.34. The molecule has 1 aromatic carbocycles. The second kappa shape index (κ2) is 6.98. The van der Waals surface area contributed by atoms with Gasteiger partial charge in [0.25, 0.3) is 0 Å². The summed E-state index contributed by atoms with van der Waals surface area (Å²) in [5.41, 5.74) is 4.04. The fraction of sp³-hybridized carbons (Fsp3) is 0.375. The number of hydrogen-bond donors (Lipinski definition) is 2. The Kier molecular flexibility index (Phi) is 5.04. The molecule has 22 heavy (non-hydrogen) atoms. The van der Waals surface area contributed by atoms with Crippen LogP contribution in [0.2, 0.25) is 0 Å². The zero-order valence-electron chi connectivity index (χ0n) is 13.4. The molecule has 1 aromatic heterocycles. The van der Waals surface area contributed by atoms with Crippen LogP contribution in [0.5, 0.6) is 5.75 Å². The first-order valence-electron chi connectivity index (χ1n) is 7.15. The largest absolute Gasteiger partial charge is 0.497 e. The predicted octanol–water partition coefficient (Wildman–Crippen LogP) is 2.04. The molecule has 2 amide bonds. The van der Waals surface area contributed by atoms with Gasteiger partial charge in [0, 0.05) is 31.4 Å². The number of nitrogens with zero attached hydrogens (tertiary/aromatic N) is 2. The van der Waals surface area contributed by atoms with E-state index < -0.39 is 0 Å². The van der Waals surface area contributed by atoms with Crippen molar-refractivity contribution < 1.29 is 9.53 Å². The van der Waals surface area contributed by atoms with Crippen molar-refractivity contribution in [3.63, 3.8) is 0 Å². The SMILES string of the molecule is COc1cccc(CNC(=O)NCc2c(C)nn(C)c2C)c1. The molecule has 0 unspecified atom stereocenters. The minimum Gasteiger partial charge on any atom is -0.497 e. The van der Waals surface area contributed by atoms with Gasteiger partial charge in [-0.25, -0.2) is 4.79 Å². The molecule has 0 aliphatic carbocycles. The first kappa shape index (κ1) is 15.9. The van der Waals surface area contributed by atoms with E-state index in [0.717, 1.165) is 28.3 Å². The van der Waals surface area contributed by atoms with E-state index in [1.165, 1.54) is 0 Å². The first-order chi connectivity index (χ1) is 10.5. The quantitative estimate of drug-likeness (QED) is 0.888. The average molecular weight is 302 g/mol. The smallest absolute Gasteiger partial charge is 0.315 e. The van der Waals surface area contributed by atoms with Crippen molar-refractivity contribution in [1.82, 2.24) is 20.4 Å². The molecular formula is C16H22N4O2. The van der Waals surface area contributed by atoms with Crippen LogP contribution in [0, 0.1) is 13.8 Å². The number of hydrogen-bond acceptors (Lipinski definition) is 3. The van der Waals surface area contributed by atoms with Crippen molar-refractivity contribution in [2.75, 3.05) is 7.11 Å². The Morgan fingerprint density at radius 2 is 2.00 bits per heavy atom. The van der Waals surface area contributed by atoms with Gasteiger partial charge >= 0.3 is 6.03 Å². The lowest BCUT2D eigenvalue weighted by Gasteiger charge is -2.09. The number of urea groups is 1. The average Bonchev–Trinajstić information content (AvgIpc) is 2.76. The predicted molar refractivity (Wildman–Crippen MR) is 84.8 cm³/mol. The lowest BCUT2D eigenvalue weighted by atomic mass is 10.2. The molecule has 118 valence electrons. The fourth-order valence-corrected chi connectivity index (χ4v) is 2.27. The Morgan fingerprint density at radius 3 is 2.64 bits per heavy atom. The molecule has 2 rings (SSSR count). The van der Waals surface area contributed by atoms with Crippen molar-refractivity contribution >= 4 is 6.03 Å². The van der Waals surface area contributed by atoms with E-state index >= 15 is 0 Å². The molecule has 0 bridgehead atoms. The summed E-state index contributed by atoms with van der Waals surface area (Å²) in [6.45, 7) is 4.85. The Hall–Kier alpha value is -2.50. The molecule has 6 nitrogen and oxygen atoms in total. The van der Waals surface area contributed by atoms with Crippen LogP contribution in [0.25, 0.3) is 0 Å². The zero-order chi connectivity index (χ0) is 16.1. The number of rotatable bonds is 5. The van der Waals surface area contributed by atoms with Gasteiger partial charge < -0.3 is 15.4 Å². The summed E-state index contributed by atoms with van der Waals surface area (Å²) in [6.07, 6.45) is 0. The molecule has 0 spiro atoms. The molecule has 2 N–H and O–H groups in total. The highest BCUT2D eigenvalue weighted by Gasteiger charge is 2.10. The molecule has 0 saturated carbocycles. The van der Waals surface area contributed by atoms with Gasteiger partial charge in [-0.1, -0.05) is 12.1 Å². The molecule has 2 aromatic rings. The molecule has 0 fully saturated rings. The van der Waals surface area contributed by atoms with Crippen molar-refractivity contribution in [2.24, 2.45) is 7.05 Å². The standard InChI is InChI=1S/C16H22N4O2/c1-11-15(12(2)20(3)19-11)10-18-16(21)17-9-13-6-5-7-14(8-13)22-4/h5-8H,9-10H2,1-4H3,(H2,17,18,21). The maximum absolute atomic E-state index is 11.9. The molecule has 0 aliphatic rings. The highest BCUT2D eigenvalue weighted by atomic mass is 16.5. The van der Waals surface area contributed by atoms with Gasteiger partial charge in [-0.05, 0) is 31.5 Å². The summed E-state index contributed by atoms with van der Waals surface area (Å²) in [7, 11) is 3.52. The Bertz CT molecular complexity index is 664. The summed E-state index contributed by atoms with van der Waals surface area (Å²) in [5.74, 6) is 0.779. The number of aryl methyl sites for hydroxylation is 2. The van der Waals surface area contributed by atoms with Gasteiger partial charge in [-0.2, -0.15) is 5.10 Å². The van der Waals surface area contributed by atoms with Crippen molar-refractivity contribution in [3.05, 3.63) is 46.8 Å². The minimum atomic E-state index is -0.203. The monoisotopic (exact) mass is 302 g/mol. The van der Waals surface area contributed by atoms with Crippen molar-refractivity contribution in [1.29, 1.82) is 0 Å². The Labute approximate surface area is 130 Å². The number of carbonyl (C=O) groups is 1. The maximum Gasteiger partial charge on any atom is 0.315 e. The van der Waals surface area contributed by atoms with E-state index in [9.17, 15) is 4.79 Å². The number of nitrogens with one attached hydrogen (secondary N) is 2. The van der Waals surface area contributed by atoms with Crippen LogP contribution in [0.1, 0.15) is 22.5 Å². The molecule has 0 aliphatic heterocycles. The minimum absolute atomic E-state index is 0.203. The van der Waals surface area contributed by atoms with Crippen molar-refractivity contribution in [2.45, 2.75) is 26.9 Å². The molecule has 0 radical (unpaired) electrons. The van der Waals surface area contributed by atoms with Gasteiger partial charge in [0.05, 0.1) is 12.8 Å². The van der Waals surface area contributed by atoms with Crippen LogP contribution in [0.4, 0.5) is 4.79 Å². The number of benzene rings is 1. The highest BCUT2D eigenvalue weighted by molar-refractivity contribution is 5.73. The van der Waals surface area contributed by atoms with Crippen LogP contribution in [-0.2, 0) is 20.1 Å². The van der Waals surface area contributed by atoms with E-state index in [1.54, 1.807) is 7.11 Å². The second-order valence-corrected chi connectivity index (χ2v) is 5.16. The molecule has 6 heteroatoms. The van der Waals surface area contributed by atoms with Crippen LogP contribution in [0.15, 0.2) is 24.3 Å². The Balaban J connectivity index is 1.85. The summed E-state index contributed by atoms with van der Waals surface area (Å²) in [6, 6.07) is 7.41. The number of carbonyl (C=O) groups excluding carboxylic acids is 1. The van der Waals surface area contributed by atoms with Gasteiger partial charge in [-0.3, -0.25) is 4.68 Å². The number of aromatic nitrogens is 2. The van der Waals surface area contributed by atoms with Gasteiger partial charge in [0.1, 0.15) is 5.75 Å². The van der Waals surface area contributed by atoms with E-state index in [4.69, 9.17) is 4.74 Å². The van der Waals surface area contributed by atoms with Crippen LogP contribution >= 0.6 is 0 Å². The van der Waals surface area contributed by atoms with Crippen LogP contribution in [-0.4, -0.2) is 22.9 Å². The number of methoxy groups -OCH3 is 1. The summed E-state index contributed by atoms with van der Waals surface area (Å²) >= 11 is 0. The van der Waals surface area contributed by atoms with E-state index in [0.29, 0.717) is 13.1 Å². The third-order valence-corrected chi connectivity index (χ3v) is 3.67. The van der Waals surface area contributed by atoms with Crippen molar-refractivity contribution in [3.8, 4) is 5.75 Å². The molecular weight excluding hydrogens is 280 g/mol. The van der Waals surface area contributed by atoms with E-state index in [-0.39, 0.29) is 6.03 Å². The topological polar surface area (TPSA) is 68.2 Å². The van der Waals surface area contributed by atoms with E-state index in [1.807, 2.05) is 49.8 Å². The second-order valence-electron chi connectivity index (χ2n) is 5.16. The molecule has 1 heterocycles. The first-order valence-corrected chi connectivity index (χ1v) is 7.15. The van der Waals surface area contributed by atoms with Crippen LogP contribution < -0.4 is 15.4 Å². The molecule has 0 atom stereocenters. The Morgan fingerprint density at radius 1 is 1.27 bits per heavy atom. The molecule has 0 saturated heterocycles. The fourth-order valence-electron chi connectivity index (χ4n) is 2.27. The van der Waals surface area contributed by atoms with E-state index in [2.05, 4.69) is 15.7 Å². The number of ether oxygens (including phenoxy) is 1. The van der Waals surface area contributed by atoms with Crippen LogP contribution in [0.3, 0.4) is 0 Å². The number of amides is 2. The summed E-state index contributed by atoms with van der Waals surface area (Å²) in [5, 5.41) is 10.0. The summed E-state index contributed by atoms with van der Waals surface area (Å²) in [4.78, 5) is 11.9. The van der Waals surface area contributed by atoms with Gasteiger partial charge in [0.2, 0.25) is 0 Å². The summed E-state index contributed by atoms with van der Waals surface area (Å²) < 4.78 is 6.98. The zero-order valence-corrected chi connectivity index (χ0v) is 13.4. The third kappa shape index (κ3) is 3.78. The normalized spacial score (nSPS) is 10.4. The maximum atomic E-state index is 11.9.